The Labute approximate surface area is 236 Å². The van der Waals surface area contributed by atoms with Crippen molar-refractivity contribution < 1.29 is 24.3 Å². The van der Waals surface area contributed by atoms with Crippen molar-refractivity contribution >= 4 is 52.4 Å². The highest BCUT2D eigenvalue weighted by Gasteiger charge is 2.43. The summed E-state index contributed by atoms with van der Waals surface area (Å²) in [6.07, 6.45) is 1.71. The van der Waals surface area contributed by atoms with Gasteiger partial charge in [0.25, 0.3) is 11.8 Å². The minimum atomic E-state index is -1.28. The van der Waals surface area contributed by atoms with Crippen LogP contribution in [0.1, 0.15) is 41.3 Å². The van der Waals surface area contributed by atoms with Crippen molar-refractivity contribution in [2.75, 3.05) is 5.32 Å². The molecule has 0 aliphatic carbocycles. The minimum Gasteiger partial charge on any atom is -0.480 e. The molecule has 0 saturated heterocycles. The van der Waals surface area contributed by atoms with E-state index in [-0.39, 0.29) is 28.5 Å². The maximum Gasteiger partial charge on any atom is 0.326 e. The Kier molecular flexibility index (Phi) is 8.89. The third-order valence-corrected chi connectivity index (χ3v) is 7.02. The fraction of sp³-hybridized carbons (Fsp3) is 0.241. The number of carbonyl (C=O) groups is 3. The second kappa shape index (κ2) is 12.3. The van der Waals surface area contributed by atoms with Gasteiger partial charge in [0, 0.05) is 18.5 Å². The van der Waals surface area contributed by atoms with E-state index >= 15 is 0 Å². The van der Waals surface area contributed by atoms with Crippen molar-refractivity contribution in [2.24, 2.45) is 5.16 Å². The average molecular weight is 568 g/mol. The molecule has 0 aromatic heterocycles. The number of nitrogens with zero attached hydrogens (tertiary/aromatic N) is 1. The first kappa shape index (κ1) is 28.1. The molecular formula is C29H27Cl2N3O5. The zero-order valence-electron chi connectivity index (χ0n) is 21.1. The van der Waals surface area contributed by atoms with Gasteiger partial charge in [-0.25, -0.2) is 4.79 Å². The number of carboxylic acids is 1. The molecule has 3 aromatic rings. The summed E-state index contributed by atoms with van der Waals surface area (Å²) in [4.78, 5) is 43.0. The van der Waals surface area contributed by atoms with Gasteiger partial charge in [-0.15, -0.1) is 0 Å². The third kappa shape index (κ3) is 7.16. The summed E-state index contributed by atoms with van der Waals surface area (Å²) >= 11 is 12.2. The van der Waals surface area contributed by atoms with Crippen LogP contribution in [0.2, 0.25) is 10.0 Å². The van der Waals surface area contributed by atoms with Gasteiger partial charge in [0.05, 0.1) is 21.3 Å². The van der Waals surface area contributed by atoms with Gasteiger partial charge in [-0.05, 0) is 55.2 Å². The summed E-state index contributed by atoms with van der Waals surface area (Å²) in [5, 5.41) is 19.6. The molecule has 2 atom stereocenters. The van der Waals surface area contributed by atoms with E-state index in [0.29, 0.717) is 17.7 Å². The molecular weight excluding hydrogens is 541 g/mol. The maximum absolute atomic E-state index is 13.0. The molecule has 0 saturated carbocycles. The number of aliphatic carboxylic acids is 1. The first-order valence-electron chi connectivity index (χ1n) is 12.3. The normalized spacial score (nSPS) is 17.1. The number of nitrogens with one attached hydrogen (secondary N) is 2. The van der Waals surface area contributed by atoms with Crippen LogP contribution in [0.4, 0.5) is 5.69 Å². The second-order valence-electron chi connectivity index (χ2n) is 9.46. The molecule has 1 unspecified atom stereocenters. The van der Waals surface area contributed by atoms with E-state index < -0.39 is 29.4 Å². The van der Waals surface area contributed by atoms with Gasteiger partial charge in [0.1, 0.15) is 6.04 Å². The largest absolute Gasteiger partial charge is 0.480 e. The fourth-order valence-electron chi connectivity index (χ4n) is 4.19. The number of carboxylic acid groups (broad SMARTS) is 1. The number of amides is 2. The Bertz CT molecular complexity index is 1380. The summed E-state index contributed by atoms with van der Waals surface area (Å²) in [6, 6.07) is 20.1. The molecule has 0 bridgehead atoms. The number of oxime groups is 1. The van der Waals surface area contributed by atoms with Crippen LogP contribution in [-0.2, 0) is 27.3 Å². The highest BCUT2D eigenvalue weighted by molar-refractivity contribution is 6.40. The van der Waals surface area contributed by atoms with Crippen molar-refractivity contribution in [1.82, 2.24) is 5.32 Å². The molecule has 1 heterocycles. The molecule has 1 aliphatic rings. The number of aryl methyl sites for hydroxylation is 1. The van der Waals surface area contributed by atoms with E-state index in [4.69, 9.17) is 28.0 Å². The van der Waals surface area contributed by atoms with Crippen molar-refractivity contribution in [1.29, 1.82) is 0 Å². The molecule has 2 amide bonds. The molecule has 202 valence electrons. The Morgan fingerprint density at radius 2 is 1.62 bits per heavy atom. The maximum atomic E-state index is 13.0. The van der Waals surface area contributed by atoms with E-state index in [1.54, 1.807) is 49.4 Å². The van der Waals surface area contributed by atoms with Gasteiger partial charge in [-0.1, -0.05) is 76.9 Å². The first-order chi connectivity index (χ1) is 18.6. The first-order valence-corrected chi connectivity index (χ1v) is 13.1. The average Bonchev–Trinajstić information content (AvgIpc) is 3.30. The highest BCUT2D eigenvalue weighted by Crippen LogP contribution is 2.27. The minimum absolute atomic E-state index is 0.0312. The van der Waals surface area contributed by atoms with Crippen LogP contribution in [0.15, 0.2) is 78.0 Å². The van der Waals surface area contributed by atoms with E-state index in [9.17, 15) is 19.5 Å². The monoisotopic (exact) mass is 567 g/mol. The summed E-state index contributed by atoms with van der Waals surface area (Å²) in [5.74, 6) is -2.20. The third-order valence-electron chi connectivity index (χ3n) is 6.39. The van der Waals surface area contributed by atoms with E-state index in [1.165, 1.54) is 0 Å². The number of anilines is 1. The second-order valence-corrected chi connectivity index (χ2v) is 10.3. The summed E-state index contributed by atoms with van der Waals surface area (Å²) in [6.45, 7) is 1.60. The van der Waals surface area contributed by atoms with Gasteiger partial charge in [-0.3, -0.25) is 9.59 Å². The number of hydrogen-bond acceptors (Lipinski definition) is 5. The molecule has 39 heavy (non-hydrogen) atoms. The molecule has 1 aliphatic heterocycles. The van der Waals surface area contributed by atoms with Crippen molar-refractivity contribution in [3.05, 3.63) is 99.5 Å². The van der Waals surface area contributed by atoms with Crippen LogP contribution >= 0.6 is 23.2 Å². The van der Waals surface area contributed by atoms with Crippen LogP contribution in [0.5, 0.6) is 0 Å². The smallest absolute Gasteiger partial charge is 0.326 e. The van der Waals surface area contributed by atoms with Gasteiger partial charge in [-0.2, -0.15) is 0 Å². The van der Waals surface area contributed by atoms with E-state index in [2.05, 4.69) is 15.8 Å². The molecule has 8 nitrogen and oxygen atoms in total. The lowest BCUT2D eigenvalue weighted by Crippen LogP contribution is -2.51. The quantitative estimate of drug-likeness (QED) is 0.298. The highest BCUT2D eigenvalue weighted by atomic mass is 35.5. The fourth-order valence-corrected chi connectivity index (χ4v) is 4.76. The SMILES string of the molecule is C[C@@]1(C(=O)NC(Cc2ccc(NC(=O)c3c(Cl)cccc3Cl)cc2)C(=O)O)CC(CCc2ccccc2)=NO1. The van der Waals surface area contributed by atoms with Crippen LogP contribution in [0, 0.1) is 0 Å². The van der Waals surface area contributed by atoms with Crippen LogP contribution < -0.4 is 10.6 Å². The lowest BCUT2D eigenvalue weighted by atomic mass is 9.94. The summed E-state index contributed by atoms with van der Waals surface area (Å²) < 4.78 is 0. The van der Waals surface area contributed by atoms with Crippen LogP contribution in [0.25, 0.3) is 0 Å². The zero-order chi connectivity index (χ0) is 28.0. The number of benzene rings is 3. The van der Waals surface area contributed by atoms with Gasteiger partial charge in [0.15, 0.2) is 0 Å². The number of rotatable bonds is 10. The molecule has 10 heteroatoms. The Morgan fingerprint density at radius 3 is 2.26 bits per heavy atom. The lowest BCUT2D eigenvalue weighted by molar-refractivity contribution is -0.148. The van der Waals surface area contributed by atoms with Gasteiger partial charge < -0.3 is 20.6 Å². The van der Waals surface area contributed by atoms with Crippen LogP contribution in [0.3, 0.4) is 0 Å². The number of hydrogen-bond donors (Lipinski definition) is 3. The van der Waals surface area contributed by atoms with Crippen molar-refractivity contribution in [2.45, 2.75) is 44.2 Å². The predicted molar refractivity (Wildman–Crippen MR) is 150 cm³/mol. The van der Waals surface area contributed by atoms with Gasteiger partial charge in [0.2, 0.25) is 5.60 Å². The van der Waals surface area contributed by atoms with Crippen molar-refractivity contribution in [3.8, 4) is 0 Å². The molecule has 0 fully saturated rings. The Hall–Kier alpha value is -3.88. The summed E-state index contributed by atoms with van der Waals surface area (Å²) in [7, 11) is 0. The molecule has 0 radical (unpaired) electrons. The standard InChI is InChI=1S/C29H27Cl2N3O5/c1-29(17-21(34-39-29)15-10-18-6-3-2-4-7-18)28(38)33-24(27(36)37)16-19-11-13-20(14-12-19)32-26(35)25-22(30)8-5-9-23(25)31/h2-9,11-14,24H,10,15-17H2,1H3,(H,32,35)(H,33,38)(H,36,37)/t24?,29-/m0/s1. The van der Waals surface area contributed by atoms with Crippen molar-refractivity contribution in [3.63, 3.8) is 0 Å². The topological polar surface area (TPSA) is 117 Å². The molecule has 3 aromatic carbocycles. The molecule has 4 rings (SSSR count). The molecule has 0 spiro atoms. The number of carbonyl (C=O) groups excluding carboxylic acids is 2. The van der Waals surface area contributed by atoms with E-state index in [1.807, 2.05) is 30.3 Å². The Balaban J connectivity index is 1.33. The zero-order valence-corrected chi connectivity index (χ0v) is 22.6. The lowest BCUT2D eigenvalue weighted by Gasteiger charge is -2.23. The Morgan fingerprint density at radius 1 is 0.949 bits per heavy atom. The molecule has 3 N–H and O–H groups in total. The van der Waals surface area contributed by atoms with Gasteiger partial charge >= 0.3 is 5.97 Å². The summed E-state index contributed by atoms with van der Waals surface area (Å²) in [5.41, 5.74) is 1.90. The number of halogens is 2. The van der Waals surface area contributed by atoms with Crippen LogP contribution in [-0.4, -0.2) is 40.2 Å². The predicted octanol–water partition coefficient (Wildman–Crippen LogP) is 5.53. The van der Waals surface area contributed by atoms with E-state index in [0.717, 1.165) is 17.7 Å².